The van der Waals surface area contributed by atoms with Gasteiger partial charge < -0.3 is 37.1 Å². The molecule has 0 unspecified atom stereocenters. The third kappa shape index (κ3) is 9.65. The van der Waals surface area contributed by atoms with Gasteiger partial charge in [0.2, 0.25) is 23.6 Å². The van der Waals surface area contributed by atoms with Crippen molar-refractivity contribution >= 4 is 58.0 Å². The average molecular weight is 583 g/mol. The number of aromatic nitrogens is 1. The number of aromatic amines is 1. The molecule has 0 saturated heterocycles. The third-order valence-corrected chi connectivity index (χ3v) is 6.83. The number of H-pyrrole nitrogens is 1. The van der Waals surface area contributed by atoms with Gasteiger partial charge in [0.25, 0.3) is 0 Å². The molecule has 12 nitrogen and oxygen atoms in total. The number of benzene rings is 2. The molecule has 41 heavy (non-hydrogen) atoms. The summed E-state index contributed by atoms with van der Waals surface area (Å²) in [4.78, 5) is 65.6. The summed E-state index contributed by atoms with van der Waals surface area (Å²) in [7, 11) is 0. The molecule has 0 radical (unpaired) electrons. The van der Waals surface area contributed by atoms with E-state index in [0.717, 1.165) is 16.5 Å². The fourth-order valence-electron chi connectivity index (χ4n) is 4.09. The summed E-state index contributed by atoms with van der Waals surface area (Å²) in [6, 6.07) is 12.7. The van der Waals surface area contributed by atoms with E-state index in [1.807, 2.05) is 30.5 Å². The number of amides is 4. The number of carboxylic acids is 1. The lowest BCUT2D eigenvalue weighted by Gasteiger charge is -2.23. The summed E-state index contributed by atoms with van der Waals surface area (Å²) in [5, 5.41) is 20.3. The molecular weight excluding hydrogens is 548 g/mol. The molecule has 1 heterocycles. The van der Waals surface area contributed by atoms with Gasteiger partial charge in [-0.2, -0.15) is 11.8 Å². The fraction of sp³-hybridized carbons (Fsp3) is 0.321. The molecule has 0 saturated carbocycles. The Hall–Kier alpha value is -4.36. The van der Waals surface area contributed by atoms with Crippen LogP contribution in [0.5, 0.6) is 0 Å². The van der Waals surface area contributed by atoms with Crippen LogP contribution in [0.15, 0.2) is 60.8 Å². The Labute approximate surface area is 241 Å². The Morgan fingerprint density at radius 3 is 2.32 bits per heavy atom. The first-order valence-electron chi connectivity index (χ1n) is 12.9. The molecule has 8 N–H and O–H groups in total. The number of thioether (sulfide) groups is 1. The topological polar surface area (TPSA) is 196 Å². The van der Waals surface area contributed by atoms with E-state index >= 15 is 0 Å². The molecule has 0 aliphatic rings. The highest BCUT2D eigenvalue weighted by atomic mass is 32.2. The lowest BCUT2D eigenvalue weighted by atomic mass is 10.0. The smallest absolute Gasteiger partial charge is 0.305 e. The molecule has 4 amide bonds. The second-order valence-corrected chi connectivity index (χ2v) is 10.3. The lowest BCUT2D eigenvalue weighted by molar-refractivity contribution is -0.141. The van der Waals surface area contributed by atoms with Crippen molar-refractivity contribution in [3.05, 3.63) is 66.4 Å². The van der Waals surface area contributed by atoms with E-state index in [9.17, 15) is 29.1 Å². The lowest BCUT2D eigenvalue weighted by Crippen LogP contribution is -2.56. The van der Waals surface area contributed by atoms with Gasteiger partial charge in [0.15, 0.2) is 0 Å². The largest absolute Gasteiger partial charge is 0.481 e. The van der Waals surface area contributed by atoms with Crippen molar-refractivity contribution in [1.82, 2.24) is 20.9 Å². The number of carboxylic acid groups (broad SMARTS) is 1. The molecule has 0 aliphatic carbocycles. The Bertz CT molecular complexity index is 1360. The fourth-order valence-corrected chi connectivity index (χ4v) is 4.56. The van der Waals surface area contributed by atoms with E-state index in [1.165, 1.54) is 11.8 Å². The monoisotopic (exact) mass is 582 g/mol. The van der Waals surface area contributed by atoms with Gasteiger partial charge in [-0.15, -0.1) is 0 Å². The van der Waals surface area contributed by atoms with Gasteiger partial charge in [0, 0.05) is 22.8 Å². The van der Waals surface area contributed by atoms with Crippen LogP contribution in [0.2, 0.25) is 0 Å². The maximum Gasteiger partial charge on any atom is 0.305 e. The van der Waals surface area contributed by atoms with E-state index in [1.54, 1.807) is 36.5 Å². The molecule has 0 fully saturated rings. The van der Waals surface area contributed by atoms with Crippen LogP contribution in [0, 0.1) is 0 Å². The van der Waals surface area contributed by atoms with Crippen LogP contribution >= 0.6 is 11.8 Å². The van der Waals surface area contributed by atoms with Crippen molar-refractivity contribution in [2.24, 2.45) is 5.73 Å². The van der Waals surface area contributed by atoms with Crippen LogP contribution in [0.3, 0.4) is 0 Å². The normalized spacial score (nSPS) is 13.0. The average Bonchev–Trinajstić information content (AvgIpc) is 3.36. The van der Waals surface area contributed by atoms with Crippen molar-refractivity contribution < 1.29 is 29.1 Å². The number of nitrogens with two attached hydrogens (primary N) is 1. The minimum Gasteiger partial charge on any atom is -0.481 e. The Morgan fingerprint density at radius 2 is 1.61 bits per heavy atom. The number of carbonyl (C=O) groups excluding carboxylic acids is 4. The number of hydrogen-bond acceptors (Lipinski definition) is 7. The second-order valence-electron chi connectivity index (χ2n) is 9.30. The standard InChI is InChI=1S/C28H34N6O6S/c1-41-12-11-22(33-26(38)20(29)13-17-15-30-21-10-6-5-9-19(17)21)28(40)34-23(14-25(36)37)27(39)31-16-24(35)32-18-7-3-2-4-8-18/h2-10,15,20,22-23,30H,11-14,16,29H2,1H3,(H,31,39)(H,32,35)(H,33,38)(H,34,40)(H,36,37)/t20-,22-,23-/m0/s1. The first-order valence-corrected chi connectivity index (χ1v) is 14.3. The molecule has 13 heteroatoms. The summed E-state index contributed by atoms with van der Waals surface area (Å²) < 4.78 is 0. The van der Waals surface area contributed by atoms with Crippen molar-refractivity contribution in [3.8, 4) is 0 Å². The quantitative estimate of drug-likeness (QED) is 0.138. The Morgan fingerprint density at radius 1 is 0.927 bits per heavy atom. The van der Waals surface area contributed by atoms with Crippen LogP contribution in [-0.2, 0) is 30.4 Å². The van der Waals surface area contributed by atoms with Gasteiger partial charge in [-0.3, -0.25) is 24.0 Å². The number of anilines is 1. The predicted octanol–water partition coefficient (Wildman–Crippen LogP) is 0.990. The van der Waals surface area contributed by atoms with Gasteiger partial charge in [0.1, 0.15) is 12.1 Å². The summed E-state index contributed by atoms with van der Waals surface area (Å²) in [6.45, 7) is -0.435. The van der Waals surface area contributed by atoms with E-state index in [0.29, 0.717) is 11.4 Å². The Balaban J connectivity index is 1.61. The molecule has 1 aromatic heterocycles. The third-order valence-electron chi connectivity index (χ3n) is 6.19. The molecule has 2 aromatic carbocycles. The minimum absolute atomic E-state index is 0.222. The van der Waals surface area contributed by atoms with Crippen LogP contribution in [0.1, 0.15) is 18.4 Å². The van der Waals surface area contributed by atoms with Gasteiger partial charge >= 0.3 is 5.97 Å². The maximum absolute atomic E-state index is 13.1. The van der Waals surface area contributed by atoms with Crippen LogP contribution in [0.25, 0.3) is 10.9 Å². The highest BCUT2D eigenvalue weighted by Crippen LogP contribution is 2.19. The number of aliphatic carboxylic acids is 1. The molecule has 3 atom stereocenters. The number of para-hydroxylation sites is 2. The highest BCUT2D eigenvalue weighted by molar-refractivity contribution is 7.98. The zero-order valence-corrected chi connectivity index (χ0v) is 23.3. The summed E-state index contributed by atoms with van der Waals surface area (Å²) in [5.74, 6) is -3.50. The molecule has 0 spiro atoms. The molecule has 0 bridgehead atoms. The van der Waals surface area contributed by atoms with Gasteiger partial charge in [-0.25, -0.2) is 0 Å². The second kappa shape index (κ2) is 15.4. The van der Waals surface area contributed by atoms with Crippen LogP contribution in [-0.4, -0.2) is 76.4 Å². The van der Waals surface area contributed by atoms with Crippen molar-refractivity contribution in [2.45, 2.75) is 37.4 Å². The summed E-state index contributed by atoms with van der Waals surface area (Å²) >= 11 is 1.45. The minimum atomic E-state index is -1.47. The molecule has 3 aromatic rings. The van der Waals surface area contributed by atoms with Crippen molar-refractivity contribution in [3.63, 3.8) is 0 Å². The van der Waals surface area contributed by atoms with Crippen molar-refractivity contribution in [1.29, 1.82) is 0 Å². The van der Waals surface area contributed by atoms with Gasteiger partial charge in [-0.1, -0.05) is 36.4 Å². The SMILES string of the molecule is CSCC[C@H](NC(=O)[C@@H](N)Cc1c[nH]c2ccccc12)C(=O)N[C@@H](CC(=O)O)C(=O)NCC(=O)Nc1ccccc1. The van der Waals surface area contributed by atoms with Crippen molar-refractivity contribution in [2.75, 3.05) is 23.9 Å². The first kappa shape index (κ1) is 31.2. The number of hydrogen-bond donors (Lipinski definition) is 7. The number of rotatable bonds is 15. The van der Waals surface area contributed by atoms with Crippen LogP contribution in [0.4, 0.5) is 5.69 Å². The van der Waals surface area contributed by atoms with Crippen LogP contribution < -0.4 is 27.0 Å². The maximum atomic E-state index is 13.1. The predicted molar refractivity (Wildman–Crippen MR) is 157 cm³/mol. The van der Waals surface area contributed by atoms with E-state index in [2.05, 4.69) is 26.3 Å². The van der Waals surface area contributed by atoms with E-state index in [4.69, 9.17) is 5.73 Å². The number of carbonyl (C=O) groups is 5. The number of nitrogens with one attached hydrogen (secondary N) is 5. The summed E-state index contributed by atoms with van der Waals surface area (Å²) in [6.07, 6.45) is 3.34. The zero-order valence-electron chi connectivity index (χ0n) is 22.5. The highest BCUT2D eigenvalue weighted by Gasteiger charge is 2.29. The summed E-state index contributed by atoms with van der Waals surface area (Å²) in [5.41, 5.74) is 8.46. The van der Waals surface area contributed by atoms with E-state index < -0.39 is 60.7 Å². The molecule has 218 valence electrons. The first-order chi connectivity index (χ1) is 19.7. The van der Waals surface area contributed by atoms with Gasteiger partial charge in [-0.05, 0) is 48.6 Å². The molecular formula is C28H34N6O6S. The Kier molecular flexibility index (Phi) is 11.7. The van der Waals surface area contributed by atoms with Gasteiger partial charge in [0.05, 0.1) is 19.0 Å². The molecule has 3 rings (SSSR count). The van der Waals surface area contributed by atoms with E-state index in [-0.39, 0.29) is 12.8 Å². The molecule has 0 aliphatic heterocycles. The zero-order chi connectivity index (χ0) is 29.8. The number of fused-ring (bicyclic) bond motifs is 1.